The van der Waals surface area contributed by atoms with Crippen molar-refractivity contribution < 1.29 is 23.8 Å². The van der Waals surface area contributed by atoms with E-state index in [1.54, 1.807) is 23.8 Å². The zero-order valence-electron chi connectivity index (χ0n) is 21.7. The normalized spacial score (nSPS) is 16.2. The molecule has 37 heavy (non-hydrogen) atoms. The summed E-state index contributed by atoms with van der Waals surface area (Å²) in [6, 6.07) is 3.62. The second-order valence-electron chi connectivity index (χ2n) is 10.1. The summed E-state index contributed by atoms with van der Waals surface area (Å²) < 4.78 is 20.3. The topological polar surface area (TPSA) is 84.6 Å². The third-order valence-electron chi connectivity index (χ3n) is 6.14. The van der Waals surface area contributed by atoms with Crippen molar-refractivity contribution in [2.75, 3.05) is 13.2 Å². The summed E-state index contributed by atoms with van der Waals surface area (Å²) in [7, 11) is 0. The molecule has 0 saturated carbocycles. The van der Waals surface area contributed by atoms with E-state index in [0.29, 0.717) is 35.2 Å². The van der Waals surface area contributed by atoms with E-state index in [1.165, 1.54) is 0 Å². The van der Waals surface area contributed by atoms with E-state index in [1.807, 2.05) is 37.7 Å². The second-order valence-corrected chi connectivity index (χ2v) is 10.9. The summed E-state index contributed by atoms with van der Waals surface area (Å²) in [4.78, 5) is 25.3. The molecule has 2 aromatic heterocycles. The predicted molar refractivity (Wildman–Crippen MR) is 143 cm³/mol. The van der Waals surface area contributed by atoms with E-state index >= 15 is 0 Å². The van der Waals surface area contributed by atoms with E-state index in [9.17, 15) is 9.59 Å². The molecule has 0 radical (unpaired) electrons. The molecule has 0 aliphatic carbocycles. The highest BCUT2D eigenvalue weighted by Gasteiger charge is 2.27. The summed E-state index contributed by atoms with van der Waals surface area (Å²) in [6.07, 6.45) is 7.06. The van der Waals surface area contributed by atoms with Crippen molar-refractivity contribution in [2.45, 2.75) is 78.2 Å². The molecule has 3 heterocycles. The van der Waals surface area contributed by atoms with Gasteiger partial charge in [-0.25, -0.2) is 4.68 Å². The predicted octanol–water partition coefficient (Wildman–Crippen LogP) is 6.35. The number of hydrogen-bond donors (Lipinski definition) is 0. The zero-order valence-corrected chi connectivity index (χ0v) is 23.2. The first-order valence-electron chi connectivity index (χ1n) is 12.6. The lowest BCUT2D eigenvalue weighted by molar-refractivity contribution is -0.155. The lowest BCUT2D eigenvalue weighted by Crippen LogP contribution is -2.27. The van der Waals surface area contributed by atoms with Crippen LogP contribution in [0.1, 0.15) is 65.3 Å². The van der Waals surface area contributed by atoms with Crippen LogP contribution in [-0.4, -0.2) is 45.1 Å². The van der Waals surface area contributed by atoms with E-state index in [4.69, 9.17) is 37.4 Å². The smallest absolute Gasteiger partial charge is 0.326 e. The van der Waals surface area contributed by atoms with E-state index in [2.05, 4.69) is 5.10 Å². The number of fused-ring (bicyclic) bond motifs is 1. The molecule has 0 spiro atoms. The monoisotopic (exact) mass is 549 g/mol. The minimum atomic E-state index is -0.656. The molecular weight excluding hydrogens is 517 g/mol. The molecule has 1 aliphatic rings. The van der Waals surface area contributed by atoms with Crippen LogP contribution in [0.15, 0.2) is 24.5 Å². The number of aromatic nitrogens is 3. The van der Waals surface area contributed by atoms with Gasteiger partial charge in [0.1, 0.15) is 18.4 Å². The van der Waals surface area contributed by atoms with Gasteiger partial charge in [0, 0.05) is 35.0 Å². The van der Waals surface area contributed by atoms with Gasteiger partial charge in [-0.15, -0.1) is 0 Å². The standard InChI is InChI=1S/C27H33Cl2N3O5/c1-5-35-22(33)12-11-20-24(17-14-30-32(15-17)21-8-6-7-13-36-21)18-9-10-19(28)25(29)26(18)31(20)16-23(34)37-27(2,3)4/h9-10,14-15,21H,5-8,11-13,16H2,1-4H3. The van der Waals surface area contributed by atoms with Crippen molar-refractivity contribution in [1.82, 2.24) is 14.3 Å². The van der Waals surface area contributed by atoms with Gasteiger partial charge < -0.3 is 18.8 Å². The molecule has 8 nitrogen and oxygen atoms in total. The van der Waals surface area contributed by atoms with Gasteiger partial charge in [-0.3, -0.25) is 9.59 Å². The summed E-state index contributed by atoms with van der Waals surface area (Å²) in [5.74, 6) is -0.742. The number of nitrogens with zero attached hydrogens (tertiary/aromatic N) is 3. The first-order chi connectivity index (χ1) is 17.6. The zero-order chi connectivity index (χ0) is 26.7. The number of benzene rings is 1. The quantitative estimate of drug-likeness (QED) is 0.304. The summed E-state index contributed by atoms with van der Waals surface area (Å²) in [6.45, 7) is 8.13. The van der Waals surface area contributed by atoms with Crippen molar-refractivity contribution in [3.05, 3.63) is 40.3 Å². The van der Waals surface area contributed by atoms with Gasteiger partial charge >= 0.3 is 11.9 Å². The average Bonchev–Trinajstić information content (AvgIpc) is 3.43. The van der Waals surface area contributed by atoms with Gasteiger partial charge in [-0.1, -0.05) is 29.3 Å². The van der Waals surface area contributed by atoms with E-state index < -0.39 is 11.6 Å². The van der Waals surface area contributed by atoms with Crippen molar-refractivity contribution in [3.63, 3.8) is 0 Å². The molecule has 1 aliphatic heterocycles. The Balaban J connectivity index is 1.86. The van der Waals surface area contributed by atoms with Crippen LogP contribution in [0, 0.1) is 0 Å². The van der Waals surface area contributed by atoms with Gasteiger partial charge in [0.15, 0.2) is 0 Å². The average molecular weight is 550 g/mol. The highest BCUT2D eigenvalue weighted by atomic mass is 35.5. The lowest BCUT2D eigenvalue weighted by Gasteiger charge is -2.22. The highest BCUT2D eigenvalue weighted by molar-refractivity contribution is 6.45. The van der Waals surface area contributed by atoms with Crippen LogP contribution in [0.5, 0.6) is 0 Å². The van der Waals surface area contributed by atoms with Gasteiger partial charge in [0.25, 0.3) is 0 Å². The molecule has 200 valence electrons. The number of ether oxygens (including phenoxy) is 3. The maximum atomic E-state index is 13.0. The first kappa shape index (κ1) is 27.5. The molecule has 10 heteroatoms. The largest absolute Gasteiger partial charge is 0.466 e. The molecule has 0 bridgehead atoms. The maximum absolute atomic E-state index is 13.0. The fourth-order valence-electron chi connectivity index (χ4n) is 4.70. The van der Waals surface area contributed by atoms with Crippen molar-refractivity contribution in [3.8, 4) is 11.1 Å². The van der Waals surface area contributed by atoms with Crippen LogP contribution in [-0.2, 0) is 36.8 Å². The molecule has 1 fully saturated rings. The van der Waals surface area contributed by atoms with Gasteiger partial charge in [-0.05, 0) is 59.4 Å². The molecule has 1 unspecified atom stereocenters. The maximum Gasteiger partial charge on any atom is 0.326 e. The van der Waals surface area contributed by atoms with Gasteiger partial charge in [-0.2, -0.15) is 5.10 Å². The second kappa shape index (κ2) is 11.5. The fraction of sp³-hybridized carbons (Fsp3) is 0.519. The summed E-state index contributed by atoms with van der Waals surface area (Å²) >= 11 is 13.1. The number of hydrogen-bond acceptors (Lipinski definition) is 6. The third kappa shape index (κ3) is 6.30. The number of carbonyl (C=O) groups is 2. The Morgan fingerprint density at radius 2 is 1.97 bits per heavy atom. The van der Waals surface area contributed by atoms with Crippen molar-refractivity contribution >= 4 is 46.0 Å². The van der Waals surface area contributed by atoms with E-state index in [0.717, 1.165) is 41.5 Å². The Bertz CT molecular complexity index is 1290. The Hall–Kier alpha value is -2.55. The molecular formula is C27H33Cl2N3O5. The summed E-state index contributed by atoms with van der Waals surface area (Å²) in [5, 5.41) is 6.09. The first-order valence-corrected chi connectivity index (χ1v) is 13.4. The Morgan fingerprint density at radius 3 is 2.65 bits per heavy atom. The molecule has 0 amide bonds. The number of rotatable bonds is 8. The summed E-state index contributed by atoms with van der Waals surface area (Å²) in [5.41, 5.74) is 2.37. The molecule has 1 aromatic carbocycles. The lowest BCUT2D eigenvalue weighted by atomic mass is 10.0. The van der Waals surface area contributed by atoms with Crippen LogP contribution in [0.3, 0.4) is 0 Å². The number of halogens is 2. The Labute approximate surface area is 226 Å². The fourth-order valence-corrected chi connectivity index (χ4v) is 5.12. The number of esters is 2. The molecule has 1 saturated heterocycles. The molecule has 4 rings (SSSR count). The molecule has 3 aromatic rings. The number of carbonyl (C=O) groups excluding carboxylic acids is 2. The van der Waals surface area contributed by atoms with Crippen molar-refractivity contribution in [2.24, 2.45) is 0 Å². The van der Waals surface area contributed by atoms with Crippen LogP contribution >= 0.6 is 23.2 Å². The van der Waals surface area contributed by atoms with E-state index in [-0.39, 0.29) is 25.2 Å². The molecule has 0 N–H and O–H groups in total. The van der Waals surface area contributed by atoms with Gasteiger partial charge in [0.2, 0.25) is 0 Å². The molecule has 1 atom stereocenters. The van der Waals surface area contributed by atoms with Crippen molar-refractivity contribution in [1.29, 1.82) is 0 Å². The van der Waals surface area contributed by atoms with Crippen LogP contribution < -0.4 is 0 Å². The van der Waals surface area contributed by atoms with Crippen LogP contribution in [0.4, 0.5) is 0 Å². The third-order valence-corrected chi connectivity index (χ3v) is 6.94. The Kier molecular flexibility index (Phi) is 8.51. The minimum Gasteiger partial charge on any atom is -0.466 e. The van der Waals surface area contributed by atoms with Gasteiger partial charge in [0.05, 0.1) is 34.8 Å². The highest BCUT2D eigenvalue weighted by Crippen LogP contribution is 2.42. The SMILES string of the molecule is CCOC(=O)CCc1c(-c2cnn(C3CCCCO3)c2)c2ccc(Cl)c(Cl)c2n1CC(=O)OC(C)(C)C. The van der Waals surface area contributed by atoms with Crippen LogP contribution in [0.2, 0.25) is 10.0 Å². The van der Waals surface area contributed by atoms with Crippen LogP contribution in [0.25, 0.3) is 22.0 Å². The Morgan fingerprint density at radius 1 is 1.19 bits per heavy atom. The minimum absolute atomic E-state index is 0.0914.